The number of allylic oxidation sites excluding steroid dienone is 2. The number of aliphatic carboxylic acids is 1. The van der Waals surface area contributed by atoms with Crippen molar-refractivity contribution >= 4 is 17.8 Å². The molecule has 23 heteroatoms. The normalized spacial score (nSPS) is 24.7. The highest BCUT2D eigenvalue weighted by molar-refractivity contribution is 5.77. The number of carbonyl (C=O) groups excluding carboxylic acids is 2. The molecule has 3 fully saturated rings. The van der Waals surface area contributed by atoms with Crippen LogP contribution in [0.3, 0.4) is 0 Å². The number of aliphatic hydroxyl groups is 11. The molecule has 23 nitrogen and oxygen atoms in total. The minimum atomic E-state index is -3.08. The Bertz CT molecular complexity index is 2370. The zero-order valence-electron chi connectivity index (χ0n) is 74.8. The molecule has 118 heavy (non-hydrogen) atoms. The van der Waals surface area contributed by atoms with Gasteiger partial charge in [-0.25, -0.2) is 4.79 Å². The molecule has 0 spiro atoms. The van der Waals surface area contributed by atoms with Crippen LogP contribution in [0.4, 0.5) is 0 Å². The Labute approximate surface area is 715 Å². The van der Waals surface area contributed by atoms with Crippen LogP contribution in [0.1, 0.15) is 438 Å². The lowest BCUT2D eigenvalue weighted by molar-refractivity contribution is -0.386. The van der Waals surface area contributed by atoms with E-state index in [4.69, 9.17) is 28.4 Å². The smallest absolute Gasteiger partial charge is 0.364 e. The van der Waals surface area contributed by atoms with E-state index in [1.54, 1.807) is 0 Å². The molecule has 2 amide bonds. The Balaban J connectivity index is 1.39. The zero-order valence-corrected chi connectivity index (χ0v) is 74.8. The second-order valence-corrected chi connectivity index (χ2v) is 35.6. The van der Waals surface area contributed by atoms with Gasteiger partial charge >= 0.3 is 5.97 Å². The van der Waals surface area contributed by atoms with E-state index >= 15 is 0 Å². The van der Waals surface area contributed by atoms with E-state index in [1.165, 1.54) is 334 Å². The van der Waals surface area contributed by atoms with Gasteiger partial charge in [0.1, 0.15) is 67.1 Å². The van der Waals surface area contributed by atoms with E-state index in [2.05, 4.69) is 36.6 Å². The van der Waals surface area contributed by atoms with E-state index in [-0.39, 0.29) is 18.9 Å². The monoisotopic (exact) mass is 1690 g/mol. The highest BCUT2D eigenvalue weighted by atomic mass is 16.8. The van der Waals surface area contributed by atoms with Crippen LogP contribution in [0.5, 0.6) is 0 Å². The average molecular weight is 1690 g/mol. The Morgan fingerprint density at radius 1 is 0.432 bits per heavy atom. The second kappa shape index (κ2) is 72.6. The number of hydrogen-bond donors (Lipinski definition) is 14. The van der Waals surface area contributed by atoms with Crippen molar-refractivity contribution in [3.63, 3.8) is 0 Å². The van der Waals surface area contributed by atoms with E-state index in [0.29, 0.717) is 19.3 Å². The van der Waals surface area contributed by atoms with Crippen LogP contribution in [-0.2, 0) is 42.8 Å². The first-order chi connectivity index (χ1) is 57.4. The third-order valence-electron chi connectivity index (χ3n) is 25.0. The number of hydrogen-bond acceptors (Lipinski definition) is 20. The summed E-state index contributed by atoms with van der Waals surface area (Å²) in [6, 6.07) is -2.53. The predicted octanol–water partition coefficient (Wildman–Crippen LogP) is 17.2. The first-order valence-corrected chi connectivity index (χ1v) is 49.0. The largest absolute Gasteiger partial charge is 0.477 e. The molecule has 18 atom stereocenters. The van der Waals surface area contributed by atoms with Gasteiger partial charge < -0.3 is 100 Å². The molecule has 0 aliphatic carbocycles. The summed E-state index contributed by atoms with van der Waals surface area (Å²) in [7, 11) is 0. The molecule has 3 saturated heterocycles. The van der Waals surface area contributed by atoms with Crippen molar-refractivity contribution in [1.29, 1.82) is 0 Å². The maximum atomic E-state index is 13.6. The summed E-state index contributed by atoms with van der Waals surface area (Å²) >= 11 is 0. The predicted molar refractivity (Wildman–Crippen MR) is 468 cm³/mol. The minimum Gasteiger partial charge on any atom is -0.477 e. The summed E-state index contributed by atoms with van der Waals surface area (Å²) in [6.45, 7) is 2.30. The van der Waals surface area contributed by atoms with Crippen LogP contribution >= 0.6 is 0 Å². The summed E-state index contributed by atoms with van der Waals surface area (Å²) in [6.07, 6.45) is 56.7. The van der Waals surface area contributed by atoms with E-state index in [0.717, 1.165) is 58.3 Å². The number of nitrogens with one attached hydrogen (secondary N) is 2. The standard InChI is InChI=1S/C95H180N2O21/c1-4-6-8-10-12-14-16-18-20-22-24-26-28-30-31-32-33-34-35-36-37-38-39-40-41-42-43-45-47-49-51-53-55-57-59-61-63-65-67-69-82(105)97-76(77(102)68-66-64-62-60-58-56-54-52-50-48-46-44-29-27-25-23-21-19-17-15-13-11-9-7-5-2)74-113-92-87(109)86(108)89(81(73-100)115-92)116-93-88(110)91(85(107)80(72-99)114-93)118-95(94(111)112)70-78(103)83(96-75(3)101)90(117-95)84(106)79(104)71-98/h36-37,76-81,83-93,98-100,102-104,106-110H,4-35,38-74H2,1-3H3,(H,96,101)(H,97,105)(H,111,112)/b37-36-. The number of carboxylic acid groups (broad SMARTS) is 1. The van der Waals surface area contributed by atoms with Gasteiger partial charge in [0.25, 0.3) is 5.79 Å². The fourth-order valence-corrected chi connectivity index (χ4v) is 17.3. The van der Waals surface area contributed by atoms with Crippen molar-refractivity contribution in [1.82, 2.24) is 10.6 Å². The molecule has 0 aromatic rings. The Hall–Kier alpha value is -2.53. The number of aliphatic hydroxyl groups excluding tert-OH is 11. The van der Waals surface area contributed by atoms with E-state index in [9.17, 15) is 75.7 Å². The third-order valence-corrected chi connectivity index (χ3v) is 25.0. The van der Waals surface area contributed by atoms with Crippen molar-refractivity contribution in [2.45, 2.75) is 548 Å². The number of amides is 2. The molecular weight excluding hydrogens is 1510 g/mol. The van der Waals surface area contributed by atoms with Gasteiger partial charge in [-0.05, 0) is 38.5 Å². The van der Waals surface area contributed by atoms with Crippen LogP contribution in [0.15, 0.2) is 12.2 Å². The van der Waals surface area contributed by atoms with Gasteiger partial charge in [-0.1, -0.05) is 392 Å². The molecule has 3 heterocycles. The van der Waals surface area contributed by atoms with Crippen LogP contribution in [0, 0.1) is 0 Å². The van der Waals surface area contributed by atoms with Crippen molar-refractivity contribution in [2.75, 3.05) is 26.4 Å². The van der Waals surface area contributed by atoms with Crippen LogP contribution in [0.2, 0.25) is 0 Å². The number of ether oxygens (including phenoxy) is 6. The molecular formula is C95H180N2O21. The molecule has 3 aliphatic rings. The van der Waals surface area contributed by atoms with Crippen molar-refractivity contribution < 1.29 is 104 Å². The number of carbonyl (C=O) groups is 3. The molecule has 3 aliphatic heterocycles. The van der Waals surface area contributed by atoms with Gasteiger partial charge in [0.15, 0.2) is 12.6 Å². The fourth-order valence-electron chi connectivity index (χ4n) is 17.3. The van der Waals surface area contributed by atoms with Crippen molar-refractivity contribution in [3.05, 3.63) is 12.2 Å². The van der Waals surface area contributed by atoms with Gasteiger partial charge in [0.05, 0.1) is 50.7 Å². The summed E-state index contributed by atoms with van der Waals surface area (Å²) < 4.78 is 35.1. The van der Waals surface area contributed by atoms with Gasteiger partial charge in [-0.15, -0.1) is 0 Å². The van der Waals surface area contributed by atoms with Crippen LogP contribution in [0.25, 0.3) is 0 Å². The van der Waals surface area contributed by atoms with E-state index < -0.39 is 148 Å². The maximum absolute atomic E-state index is 13.6. The third kappa shape index (κ3) is 50.0. The molecule has 0 aromatic heterocycles. The Morgan fingerprint density at radius 2 is 0.788 bits per heavy atom. The highest BCUT2D eigenvalue weighted by Crippen LogP contribution is 2.39. The minimum absolute atomic E-state index is 0.228. The maximum Gasteiger partial charge on any atom is 0.364 e. The lowest BCUT2D eigenvalue weighted by Gasteiger charge is -2.50. The number of carboxylic acids is 1. The summed E-state index contributed by atoms with van der Waals surface area (Å²) in [5.41, 5.74) is 0. The number of unbranched alkanes of at least 4 members (excludes halogenated alkanes) is 59. The van der Waals surface area contributed by atoms with E-state index in [1.807, 2.05) is 0 Å². The summed E-state index contributed by atoms with van der Waals surface area (Å²) in [4.78, 5) is 38.9. The van der Waals surface area contributed by atoms with Crippen molar-refractivity contribution in [3.8, 4) is 0 Å². The molecule has 14 N–H and O–H groups in total. The second-order valence-electron chi connectivity index (χ2n) is 35.6. The first kappa shape index (κ1) is 110. The highest BCUT2D eigenvalue weighted by Gasteiger charge is 2.60. The summed E-state index contributed by atoms with van der Waals surface area (Å²) in [5, 5.41) is 137. The van der Waals surface area contributed by atoms with Gasteiger partial charge in [0.2, 0.25) is 11.8 Å². The fraction of sp³-hybridized carbons (Fsp3) is 0.947. The molecule has 3 rings (SSSR count). The molecule has 0 radical (unpaired) electrons. The molecule has 696 valence electrons. The van der Waals surface area contributed by atoms with Crippen LogP contribution in [-0.4, -0.2) is 215 Å². The molecule has 0 bridgehead atoms. The average Bonchev–Trinajstić information content (AvgIpc) is 0.752. The zero-order chi connectivity index (χ0) is 85.9. The molecule has 18 unspecified atom stereocenters. The quantitative estimate of drug-likeness (QED) is 0.0199. The number of rotatable bonds is 81. The topological polar surface area (TPSA) is 373 Å². The summed E-state index contributed by atoms with van der Waals surface area (Å²) in [5.74, 6) is -6.09. The van der Waals surface area contributed by atoms with Gasteiger partial charge in [-0.2, -0.15) is 0 Å². The lowest BCUT2D eigenvalue weighted by atomic mass is 9.88. The Morgan fingerprint density at radius 3 is 1.14 bits per heavy atom. The lowest BCUT2D eigenvalue weighted by Crippen LogP contribution is -2.70. The molecule has 0 aromatic carbocycles. The van der Waals surface area contributed by atoms with Gasteiger partial charge in [-0.3, -0.25) is 9.59 Å². The van der Waals surface area contributed by atoms with Crippen LogP contribution < -0.4 is 10.6 Å². The first-order valence-electron chi connectivity index (χ1n) is 49.0. The Kier molecular flexibility index (Phi) is 67.5. The SMILES string of the molecule is CCCCCCCCCCCCCCCCCCCC/C=C\CCCCCCCCCCCCCCCCCCCC(=O)NC(COC1OC(CO)C(OC2OC(CO)C(O)C(OC3(C(=O)O)CC(O)C(NC(C)=O)C(C(O)C(O)CO)O3)C2O)C(O)C1O)C(O)CCCCCCCCCCCCCCCCCCCCCCCCCCC. The van der Waals surface area contributed by atoms with Crippen molar-refractivity contribution in [2.24, 2.45) is 0 Å². The van der Waals surface area contributed by atoms with Gasteiger partial charge in [0, 0.05) is 19.8 Å². The molecule has 0 saturated carbocycles.